The summed E-state index contributed by atoms with van der Waals surface area (Å²) in [5.74, 6) is 1.02. The van der Waals surface area contributed by atoms with E-state index in [0.29, 0.717) is 22.1 Å². The van der Waals surface area contributed by atoms with Crippen molar-refractivity contribution in [1.29, 1.82) is 0 Å². The molecule has 0 atom stereocenters. The van der Waals surface area contributed by atoms with Crippen LogP contribution in [-0.4, -0.2) is 28.4 Å². The predicted octanol–water partition coefficient (Wildman–Crippen LogP) is 4.74. The molecule has 0 saturated carbocycles. The van der Waals surface area contributed by atoms with Crippen LogP contribution in [0.25, 0.3) is 6.08 Å². The Balaban J connectivity index is 1.62. The van der Waals surface area contributed by atoms with Crippen LogP contribution in [0, 0.1) is 0 Å². The number of carbonyl (C=O) groups excluding carboxylic acids is 1. The van der Waals surface area contributed by atoms with Crippen molar-refractivity contribution in [3.05, 3.63) is 82.6 Å². The SMILES string of the molecule is COc1ccc(OC)c(/C=C2\Oc3cc(OS(=O)(=O)c4ccc(Cl)cc4)ccc3C2=O)c1. The lowest BCUT2D eigenvalue weighted by Gasteiger charge is -2.08. The second kappa shape index (κ2) is 8.57. The maximum absolute atomic E-state index is 12.8. The minimum absolute atomic E-state index is 0.00621. The Bertz CT molecular complexity index is 1330. The van der Waals surface area contributed by atoms with Gasteiger partial charge in [0.15, 0.2) is 5.76 Å². The topological polar surface area (TPSA) is 88.1 Å². The first-order chi connectivity index (χ1) is 15.3. The molecule has 0 aromatic heterocycles. The molecule has 7 nitrogen and oxygen atoms in total. The molecule has 0 spiro atoms. The fourth-order valence-electron chi connectivity index (χ4n) is 3.09. The molecule has 0 bridgehead atoms. The Labute approximate surface area is 189 Å². The number of allylic oxidation sites excluding steroid dienone is 1. The molecule has 0 amide bonds. The Morgan fingerprint density at radius 2 is 1.62 bits per heavy atom. The quantitative estimate of drug-likeness (QED) is 0.378. The molecule has 9 heteroatoms. The molecule has 0 saturated heterocycles. The van der Waals surface area contributed by atoms with Crippen LogP contribution in [0.4, 0.5) is 0 Å². The molecule has 0 fully saturated rings. The lowest BCUT2D eigenvalue weighted by Crippen LogP contribution is -2.09. The van der Waals surface area contributed by atoms with Crippen LogP contribution in [0.5, 0.6) is 23.0 Å². The zero-order valence-corrected chi connectivity index (χ0v) is 18.6. The molecule has 0 N–H and O–H groups in total. The number of hydrogen-bond donors (Lipinski definition) is 0. The maximum atomic E-state index is 12.8. The van der Waals surface area contributed by atoms with Gasteiger partial charge < -0.3 is 18.4 Å². The summed E-state index contributed by atoms with van der Waals surface area (Å²) in [7, 11) is -1.04. The van der Waals surface area contributed by atoms with Gasteiger partial charge >= 0.3 is 10.1 Å². The van der Waals surface area contributed by atoms with E-state index in [-0.39, 0.29) is 33.5 Å². The van der Waals surface area contributed by atoms with E-state index in [1.165, 1.54) is 62.8 Å². The van der Waals surface area contributed by atoms with Crippen molar-refractivity contribution < 1.29 is 31.6 Å². The first-order valence-electron chi connectivity index (χ1n) is 9.31. The highest BCUT2D eigenvalue weighted by atomic mass is 35.5. The number of Topliss-reactive ketones (excluding diaryl/α,β-unsaturated/α-hetero) is 1. The van der Waals surface area contributed by atoms with Crippen LogP contribution in [0.3, 0.4) is 0 Å². The molecule has 1 aliphatic heterocycles. The molecule has 1 heterocycles. The van der Waals surface area contributed by atoms with E-state index < -0.39 is 10.1 Å². The highest BCUT2D eigenvalue weighted by Gasteiger charge is 2.29. The summed E-state index contributed by atoms with van der Waals surface area (Å²) in [5.41, 5.74) is 0.874. The van der Waals surface area contributed by atoms with Crippen molar-refractivity contribution in [2.45, 2.75) is 4.90 Å². The summed E-state index contributed by atoms with van der Waals surface area (Å²) < 4.78 is 46.4. The Morgan fingerprint density at radius 1 is 0.906 bits per heavy atom. The number of methoxy groups -OCH3 is 2. The molecular weight excluding hydrogens is 456 g/mol. The summed E-state index contributed by atoms with van der Waals surface area (Å²) in [4.78, 5) is 12.7. The fourth-order valence-corrected chi connectivity index (χ4v) is 4.14. The highest BCUT2D eigenvalue weighted by Crippen LogP contribution is 2.37. The molecule has 1 aliphatic rings. The fraction of sp³-hybridized carbons (Fsp3) is 0.0870. The van der Waals surface area contributed by atoms with Gasteiger partial charge in [0.2, 0.25) is 5.78 Å². The number of rotatable bonds is 6. The largest absolute Gasteiger partial charge is 0.497 e. The van der Waals surface area contributed by atoms with Crippen molar-refractivity contribution in [1.82, 2.24) is 0 Å². The minimum Gasteiger partial charge on any atom is -0.497 e. The van der Waals surface area contributed by atoms with Crippen LogP contribution in [-0.2, 0) is 10.1 Å². The molecule has 32 heavy (non-hydrogen) atoms. The van der Waals surface area contributed by atoms with Gasteiger partial charge in [-0.2, -0.15) is 8.42 Å². The molecule has 4 rings (SSSR count). The normalized spacial score (nSPS) is 14.1. The standard InChI is InChI=1S/C23H17ClO7S/c1-28-16-6-10-20(29-2)14(11-16)12-22-23(25)19-9-5-17(13-21(19)30-22)31-32(26,27)18-7-3-15(24)4-8-18/h3-13H,1-2H3/b22-12-. The number of ketones is 1. The van der Waals surface area contributed by atoms with Crippen LogP contribution < -0.4 is 18.4 Å². The first kappa shape index (κ1) is 21.7. The Morgan fingerprint density at radius 3 is 2.31 bits per heavy atom. The van der Waals surface area contributed by atoms with Gasteiger partial charge in [-0.1, -0.05) is 11.6 Å². The monoisotopic (exact) mass is 472 g/mol. The Hall–Kier alpha value is -3.49. The molecule has 0 unspecified atom stereocenters. The van der Waals surface area contributed by atoms with Gasteiger partial charge in [0.05, 0.1) is 19.8 Å². The summed E-state index contributed by atoms with van der Waals surface area (Å²) in [6.45, 7) is 0. The number of fused-ring (bicyclic) bond motifs is 1. The predicted molar refractivity (Wildman–Crippen MR) is 118 cm³/mol. The van der Waals surface area contributed by atoms with Gasteiger partial charge in [0, 0.05) is 16.7 Å². The molecule has 164 valence electrons. The lowest BCUT2D eigenvalue weighted by molar-refractivity contribution is 0.101. The van der Waals surface area contributed by atoms with Crippen molar-refractivity contribution >= 4 is 33.6 Å². The third kappa shape index (κ3) is 4.28. The number of benzene rings is 3. The minimum atomic E-state index is -4.08. The van der Waals surface area contributed by atoms with Gasteiger partial charge in [-0.05, 0) is 60.7 Å². The number of hydrogen-bond acceptors (Lipinski definition) is 7. The zero-order chi connectivity index (χ0) is 22.9. The molecule has 0 radical (unpaired) electrons. The number of halogens is 1. The van der Waals surface area contributed by atoms with Crippen molar-refractivity contribution in [3.8, 4) is 23.0 Å². The molecule has 3 aromatic rings. The zero-order valence-electron chi connectivity index (χ0n) is 17.0. The van der Waals surface area contributed by atoms with E-state index in [9.17, 15) is 13.2 Å². The molecular formula is C23H17ClO7S. The first-order valence-corrected chi connectivity index (χ1v) is 11.1. The van der Waals surface area contributed by atoms with Crippen LogP contribution >= 0.6 is 11.6 Å². The second-order valence-corrected chi connectivity index (χ2v) is 8.68. The van der Waals surface area contributed by atoms with Gasteiger partial charge in [0.25, 0.3) is 0 Å². The van der Waals surface area contributed by atoms with E-state index in [2.05, 4.69) is 0 Å². The van der Waals surface area contributed by atoms with Crippen LogP contribution in [0.1, 0.15) is 15.9 Å². The van der Waals surface area contributed by atoms with Gasteiger partial charge in [0.1, 0.15) is 27.9 Å². The van der Waals surface area contributed by atoms with E-state index in [1.54, 1.807) is 18.2 Å². The molecule has 3 aromatic carbocycles. The van der Waals surface area contributed by atoms with Crippen molar-refractivity contribution in [2.75, 3.05) is 14.2 Å². The smallest absolute Gasteiger partial charge is 0.339 e. The molecule has 0 aliphatic carbocycles. The van der Waals surface area contributed by atoms with Gasteiger partial charge in [-0.15, -0.1) is 0 Å². The van der Waals surface area contributed by atoms with E-state index in [4.69, 9.17) is 30.0 Å². The average molecular weight is 473 g/mol. The maximum Gasteiger partial charge on any atom is 0.339 e. The highest BCUT2D eigenvalue weighted by molar-refractivity contribution is 7.87. The third-order valence-corrected chi connectivity index (χ3v) is 6.19. The number of ether oxygens (including phenoxy) is 3. The average Bonchev–Trinajstić information content (AvgIpc) is 3.08. The second-order valence-electron chi connectivity index (χ2n) is 6.70. The lowest BCUT2D eigenvalue weighted by atomic mass is 10.1. The third-order valence-electron chi connectivity index (χ3n) is 4.67. The van der Waals surface area contributed by atoms with E-state index >= 15 is 0 Å². The van der Waals surface area contributed by atoms with E-state index in [0.717, 1.165) is 0 Å². The van der Waals surface area contributed by atoms with Gasteiger partial charge in [-0.25, -0.2) is 0 Å². The summed E-state index contributed by atoms with van der Waals surface area (Å²) in [6.07, 6.45) is 1.54. The summed E-state index contributed by atoms with van der Waals surface area (Å²) in [6, 6.07) is 14.9. The van der Waals surface area contributed by atoms with Crippen molar-refractivity contribution in [3.63, 3.8) is 0 Å². The van der Waals surface area contributed by atoms with E-state index in [1.807, 2.05) is 0 Å². The van der Waals surface area contributed by atoms with Crippen molar-refractivity contribution in [2.24, 2.45) is 0 Å². The summed E-state index contributed by atoms with van der Waals surface area (Å²) >= 11 is 5.80. The number of carbonyl (C=O) groups is 1. The van der Waals surface area contributed by atoms with Crippen LogP contribution in [0.2, 0.25) is 5.02 Å². The summed E-state index contributed by atoms with van der Waals surface area (Å²) in [5, 5.41) is 0.403. The van der Waals surface area contributed by atoms with Gasteiger partial charge in [-0.3, -0.25) is 4.79 Å². The Kier molecular flexibility index (Phi) is 5.82. The van der Waals surface area contributed by atoms with Crippen LogP contribution in [0.15, 0.2) is 71.3 Å².